The number of amides is 1. The highest BCUT2D eigenvalue weighted by atomic mass is 16.5. The fourth-order valence-corrected chi connectivity index (χ4v) is 3.42. The van der Waals surface area contributed by atoms with Crippen molar-refractivity contribution in [3.63, 3.8) is 0 Å². The first-order valence-electron chi connectivity index (χ1n) is 9.56. The number of rotatable bonds is 4. The highest BCUT2D eigenvalue weighted by Crippen LogP contribution is 2.27. The molecule has 29 heavy (non-hydrogen) atoms. The van der Waals surface area contributed by atoms with Gasteiger partial charge in [0.2, 0.25) is 0 Å². The summed E-state index contributed by atoms with van der Waals surface area (Å²) in [5.74, 6) is -0.0853. The summed E-state index contributed by atoms with van der Waals surface area (Å²) in [7, 11) is 0. The van der Waals surface area contributed by atoms with Crippen LogP contribution < -0.4 is 5.32 Å². The highest BCUT2D eigenvalue weighted by molar-refractivity contribution is 6.13. The second-order valence-electron chi connectivity index (χ2n) is 7.51. The third-order valence-electron chi connectivity index (χ3n) is 4.86. The predicted molar refractivity (Wildman–Crippen MR) is 112 cm³/mol. The normalized spacial score (nSPS) is 11.4. The number of hydrogen-bond donors (Lipinski definition) is 1. The first kappa shape index (κ1) is 18.9. The summed E-state index contributed by atoms with van der Waals surface area (Å²) < 4.78 is 7.17. The van der Waals surface area contributed by atoms with Gasteiger partial charge in [0.05, 0.1) is 33.7 Å². The van der Waals surface area contributed by atoms with Crippen molar-refractivity contribution in [1.82, 2.24) is 19.9 Å². The van der Waals surface area contributed by atoms with Crippen LogP contribution in [0.2, 0.25) is 0 Å². The minimum Gasteiger partial charge on any atom is -0.336 e. The van der Waals surface area contributed by atoms with Gasteiger partial charge in [-0.3, -0.25) is 4.79 Å². The van der Waals surface area contributed by atoms with E-state index in [-0.39, 0.29) is 11.8 Å². The molecule has 0 atom stereocenters. The SMILES string of the molecule is Cc1cc(C)n(-c2ccccc2NC(=O)c2cc(C(C)C)nc3onc(C)c23)n1. The zero-order valence-corrected chi connectivity index (χ0v) is 17.1. The number of fused-ring (bicyclic) bond motifs is 1. The number of aromatic nitrogens is 4. The van der Waals surface area contributed by atoms with E-state index in [9.17, 15) is 4.79 Å². The molecule has 0 aliphatic rings. The maximum atomic E-state index is 13.3. The molecule has 1 amide bonds. The van der Waals surface area contributed by atoms with Crippen LogP contribution in [-0.2, 0) is 0 Å². The van der Waals surface area contributed by atoms with E-state index in [1.165, 1.54) is 0 Å². The number of nitrogens with one attached hydrogen (secondary N) is 1. The van der Waals surface area contributed by atoms with E-state index in [2.05, 4.69) is 20.6 Å². The maximum Gasteiger partial charge on any atom is 0.259 e. The summed E-state index contributed by atoms with van der Waals surface area (Å²) in [6, 6.07) is 11.4. The van der Waals surface area contributed by atoms with Crippen LogP contribution in [0.1, 0.15) is 52.9 Å². The van der Waals surface area contributed by atoms with E-state index in [0.29, 0.717) is 28.0 Å². The summed E-state index contributed by atoms with van der Waals surface area (Å²) in [5, 5.41) is 12.2. The molecule has 1 N–H and O–H groups in total. The second-order valence-corrected chi connectivity index (χ2v) is 7.51. The largest absolute Gasteiger partial charge is 0.336 e. The summed E-state index contributed by atoms with van der Waals surface area (Å²) in [6.07, 6.45) is 0. The average molecular weight is 389 g/mol. The first-order chi connectivity index (χ1) is 13.8. The van der Waals surface area contributed by atoms with Crippen LogP contribution in [0.3, 0.4) is 0 Å². The van der Waals surface area contributed by atoms with Crippen LogP contribution in [0.15, 0.2) is 40.9 Å². The molecule has 0 radical (unpaired) electrons. The van der Waals surface area contributed by atoms with E-state index in [4.69, 9.17) is 4.52 Å². The summed E-state index contributed by atoms with van der Waals surface area (Å²) in [4.78, 5) is 17.8. The smallest absolute Gasteiger partial charge is 0.259 e. The Morgan fingerprint density at radius 3 is 2.59 bits per heavy atom. The Hall–Kier alpha value is -3.48. The number of benzene rings is 1. The molecule has 148 valence electrons. The van der Waals surface area contributed by atoms with Crippen molar-refractivity contribution < 1.29 is 9.32 Å². The summed E-state index contributed by atoms with van der Waals surface area (Å²) in [6.45, 7) is 9.79. The van der Waals surface area contributed by atoms with Crippen LogP contribution in [0, 0.1) is 20.8 Å². The minimum atomic E-state index is -0.236. The number of carbonyl (C=O) groups excluding carboxylic acids is 1. The Morgan fingerprint density at radius 1 is 1.14 bits per heavy atom. The van der Waals surface area contributed by atoms with Gasteiger partial charge >= 0.3 is 0 Å². The molecule has 3 aromatic heterocycles. The number of hydrogen-bond acceptors (Lipinski definition) is 5. The zero-order valence-electron chi connectivity index (χ0n) is 17.1. The van der Waals surface area contributed by atoms with Crippen molar-refractivity contribution in [2.75, 3.05) is 5.32 Å². The number of pyridine rings is 1. The van der Waals surface area contributed by atoms with Gasteiger partial charge in [-0.05, 0) is 51.0 Å². The van der Waals surface area contributed by atoms with Gasteiger partial charge < -0.3 is 9.84 Å². The molecule has 0 spiro atoms. The van der Waals surface area contributed by atoms with Gasteiger partial charge in [0.1, 0.15) is 0 Å². The molecular weight excluding hydrogens is 366 g/mol. The Bertz CT molecular complexity index is 1220. The van der Waals surface area contributed by atoms with Gasteiger partial charge in [0, 0.05) is 11.4 Å². The first-order valence-corrected chi connectivity index (χ1v) is 9.56. The number of carbonyl (C=O) groups is 1. The van der Waals surface area contributed by atoms with Gasteiger partial charge in [0.15, 0.2) is 0 Å². The molecule has 0 unspecified atom stereocenters. The number of aryl methyl sites for hydroxylation is 3. The fourth-order valence-electron chi connectivity index (χ4n) is 3.42. The molecule has 3 heterocycles. The summed E-state index contributed by atoms with van der Waals surface area (Å²) >= 11 is 0. The lowest BCUT2D eigenvalue weighted by Gasteiger charge is -2.13. The molecule has 7 nitrogen and oxygen atoms in total. The Balaban J connectivity index is 1.79. The Kier molecular flexibility index (Phi) is 4.66. The van der Waals surface area contributed by atoms with Crippen molar-refractivity contribution in [1.29, 1.82) is 0 Å². The standard InChI is InChI=1S/C22H23N5O2/c1-12(2)18-11-16(20-15(5)26-29-22(20)24-18)21(28)23-17-8-6-7-9-19(17)27-14(4)10-13(3)25-27/h6-12H,1-5H3,(H,23,28). The Morgan fingerprint density at radius 2 is 1.90 bits per heavy atom. The number of para-hydroxylation sites is 2. The van der Waals surface area contributed by atoms with Crippen LogP contribution in [0.25, 0.3) is 16.8 Å². The molecule has 4 rings (SSSR count). The van der Waals surface area contributed by atoms with E-state index in [1.54, 1.807) is 0 Å². The van der Waals surface area contributed by atoms with Crippen LogP contribution in [0.5, 0.6) is 0 Å². The van der Waals surface area contributed by atoms with Gasteiger partial charge in [-0.25, -0.2) is 9.67 Å². The van der Waals surface area contributed by atoms with Crippen molar-refractivity contribution in [3.05, 3.63) is 64.7 Å². The quantitative estimate of drug-likeness (QED) is 0.546. The molecule has 4 aromatic rings. The highest BCUT2D eigenvalue weighted by Gasteiger charge is 2.21. The van der Waals surface area contributed by atoms with Gasteiger partial charge in [-0.2, -0.15) is 5.10 Å². The van der Waals surface area contributed by atoms with Crippen molar-refractivity contribution in [2.24, 2.45) is 0 Å². The second kappa shape index (κ2) is 7.16. The van der Waals surface area contributed by atoms with Crippen LogP contribution >= 0.6 is 0 Å². The third-order valence-corrected chi connectivity index (χ3v) is 4.86. The van der Waals surface area contributed by atoms with Crippen molar-refractivity contribution >= 4 is 22.7 Å². The predicted octanol–water partition coefficient (Wildman–Crippen LogP) is 4.71. The van der Waals surface area contributed by atoms with E-state index in [0.717, 1.165) is 22.8 Å². The number of anilines is 1. The molecule has 0 aliphatic carbocycles. The third kappa shape index (κ3) is 3.40. The van der Waals surface area contributed by atoms with Gasteiger partial charge in [0.25, 0.3) is 11.6 Å². The lowest BCUT2D eigenvalue weighted by molar-refractivity contribution is 0.102. The van der Waals surface area contributed by atoms with E-state index in [1.807, 2.05) is 75.7 Å². The van der Waals surface area contributed by atoms with Crippen molar-refractivity contribution in [2.45, 2.75) is 40.5 Å². The Labute approximate surface area is 168 Å². The van der Waals surface area contributed by atoms with Crippen LogP contribution in [-0.4, -0.2) is 25.8 Å². The van der Waals surface area contributed by atoms with E-state index < -0.39 is 0 Å². The number of nitrogens with zero attached hydrogens (tertiary/aromatic N) is 4. The molecule has 0 aliphatic heterocycles. The van der Waals surface area contributed by atoms with Gasteiger partial charge in [-0.1, -0.05) is 31.1 Å². The molecule has 7 heteroatoms. The van der Waals surface area contributed by atoms with Crippen molar-refractivity contribution in [3.8, 4) is 5.69 Å². The molecule has 0 bridgehead atoms. The molecule has 0 saturated heterocycles. The van der Waals surface area contributed by atoms with Gasteiger partial charge in [-0.15, -0.1) is 0 Å². The molecular formula is C22H23N5O2. The molecule has 0 fully saturated rings. The minimum absolute atomic E-state index is 0.151. The maximum absolute atomic E-state index is 13.3. The topological polar surface area (TPSA) is 85.8 Å². The van der Waals surface area contributed by atoms with Crippen LogP contribution in [0.4, 0.5) is 5.69 Å². The zero-order chi connectivity index (χ0) is 20.7. The fraction of sp³-hybridized carbons (Fsp3) is 0.273. The lowest BCUT2D eigenvalue weighted by Crippen LogP contribution is -2.16. The lowest BCUT2D eigenvalue weighted by atomic mass is 10.0. The monoisotopic (exact) mass is 389 g/mol. The summed E-state index contributed by atoms with van der Waals surface area (Å²) in [5.41, 5.74) is 5.70. The molecule has 1 aromatic carbocycles. The average Bonchev–Trinajstić information content (AvgIpc) is 3.23. The molecule has 0 saturated carbocycles. The van der Waals surface area contributed by atoms with E-state index >= 15 is 0 Å².